The molecule has 2 aromatic rings. The fourth-order valence-electron chi connectivity index (χ4n) is 1.99. The predicted molar refractivity (Wildman–Crippen MR) is 74.4 cm³/mol. The quantitative estimate of drug-likeness (QED) is 0.527. The summed E-state index contributed by atoms with van der Waals surface area (Å²) in [6.45, 7) is 0.520. The molecule has 7 nitrogen and oxygen atoms in total. The Labute approximate surface area is 120 Å². The van der Waals surface area contributed by atoms with Crippen molar-refractivity contribution in [1.29, 1.82) is 0 Å². The van der Waals surface area contributed by atoms with Gasteiger partial charge in [-0.2, -0.15) is 0 Å². The zero-order chi connectivity index (χ0) is 14.8. The zero-order valence-corrected chi connectivity index (χ0v) is 10.9. The molecule has 0 amide bonds. The van der Waals surface area contributed by atoms with Crippen LogP contribution >= 0.6 is 0 Å². The smallest absolute Gasteiger partial charge is 0.292 e. The number of hydrogen-bond acceptors (Lipinski definition) is 6. The molecule has 0 bridgehead atoms. The first-order chi connectivity index (χ1) is 10.1. The van der Waals surface area contributed by atoms with Gasteiger partial charge < -0.3 is 19.9 Å². The third-order valence-corrected chi connectivity index (χ3v) is 3.04. The highest BCUT2D eigenvalue weighted by atomic mass is 16.7. The minimum atomic E-state index is -0.531. The van der Waals surface area contributed by atoms with E-state index in [2.05, 4.69) is 0 Å². The van der Waals surface area contributed by atoms with Crippen LogP contribution in [0.25, 0.3) is 0 Å². The van der Waals surface area contributed by atoms with E-state index in [0.29, 0.717) is 23.9 Å². The lowest BCUT2D eigenvalue weighted by Gasteiger charge is -2.08. The lowest BCUT2D eigenvalue weighted by Crippen LogP contribution is -1.99. The molecule has 0 aliphatic carbocycles. The lowest BCUT2D eigenvalue weighted by atomic mass is 10.2. The second kappa shape index (κ2) is 5.20. The molecule has 0 spiro atoms. The molecule has 0 fully saturated rings. The van der Waals surface area contributed by atoms with Crippen LogP contribution in [0.2, 0.25) is 0 Å². The summed E-state index contributed by atoms with van der Waals surface area (Å²) in [7, 11) is 0. The first-order valence-corrected chi connectivity index (χ1v) is 6.19. The molecular weight excluding hydrogens is 276 g/mol. The van der Waals surface area contributed by atoms with Gasteiger partial charge in [0, 0.05) is 12.1 Å². The molecule has 1 heterocycles. The van der Waals surface area contributed by atoms with Crippen LogP contribution in [0.15, 0.2) is 36.4 Å². The van der Waals surface area contributed by atoms with E-state index in [-0.39, 0.29) is 18.2 Å². The van der Waals surface area contributed by atoms with Crippen LogP contribution in [0.3, 0.4) is 0 Å². The molecule has 1 aliphatic rings. The first kappa shape index (κ1) is 13.0. The van der Waals surface area contributed by atoms with Gasteiger partial charge in [0.05, 0.1) is 4.92 Å². The zero-order valence-electron chi connectivity index (χ0n) is 10.9. The summed E-state index contributed by atoms with van der Waals surface area (Å²) in [5.74, 6) is 1.86. The number of nitrogens with zero attached hydrogens (tertiary/aromatic N) is 1. The van der Waals surface area contributed by atoms with Crippen LogP contribution in [0, 0.1) is 10.1 Å². The van der Waals surface area contributed by atoms with E-state index in [9.17, 15) is 10.1 Å². The van der Waals surface area contributed by atoms with Crippen molar-refractivity contribution in [3.63, 3.8) is 0 Å². The monoisotopic (exact) mass is 288 g/mol. The second-order valence-corrected chi connectivity index (χ2v) is 4.45. The van der Waals surface area contributed by atoms with Gasteiger partial charge in [-0.15, -0.1) is 0 Å². The molecule has 0 atom stereocenters. The van der Waals surface area contributed by atoms with Crippen LogP contribution in [-0.4, -0.2) is 11.7 Å². The van der Waals surface area contributed by atoms with Gasteiger partial charge in [0.1, 0.15) is 18.0 Å². The molecule has 3 rings (SSSR count). The Morgan fingerprint density at radius 3 is 2.76 bits per heavy atom. The third kappa shape index (κ3) is 2.66. The largest absolute Gasteiger partial charge is 0.489 e. The van der Waals surface area contributed by atoms with Gasteiger partial charge >= 0.3 is 0 Å². The minimum absolute atomic E-state index is 0.0724. The van der Waals surface area contributed by atoms with Gasteiger partial charge in [-0.1, -0.05) is 6.07 Å². The normalized spacial score (nSPS) is 12.2. The number of fused-ring (bicyclic) bond motifs is 1. The molecule has 0 radical (unpaired) electrons. The van der Waals surface area contributed by atoms with Crippen LogP contribution in [0.4, 0.5) is 11.4 Å². The highest BCUT2D eigenvalue weighted by molar-refractivity contribution is 5.60. The Morgan fingerprint density at radius 1 is 1.19 bits per heavy atom. The summed E-state index contributed by atoms with van der Waals surface area (Å²) in [4.78, 5) is 10.1. The average Bonchev–Trinajstić information content (AvgIpc) is 2.92. The summed E-state index contributed by atoms with van der Waals surface area (Å²) in [6, 6.07) is 9.78. The van der Waals surface area contributed by atoms with Crippen molar-refractivity contribution in [3.8, 4) is 17.2 Å². The summed E-state index contributed by atoms with van der Waals surface area (Å²) < 4.78 is 16.1. The number of nitro benzene ring substituents is 1. The van der Waals surface area contributed by atoms with Gasteiger partial charge in [0.25, 0.3) is 5.69 Å². The molecule has 7 heteroatoms. The standard InChI is InChI=1S/C14H12N2O5/c15-11-6-10(2-3-12(11)16(17)18)19-7-9-1-4-13-14(5-9)21-8-20-13/h1-6H,7-8,15H2. The number of nitrogens with two attached hydrogens (primary N) is 1. The molecule has 1 aliphatic heterocycles. The fourth-order valence-corrected chi connectivity index (χ4v) is 1.99. The predicted octanol–water partition coefficient (Wildman–Crippen LogP) is 2.48. The van der Waals surface area contributed by atoms with E-state index in [0.717, 1.165) is 5.56 Å². The van der Waals surface area contributed by atoms with Gasteiger partial charge in [-0.25, -0.2) is 0 Å². The van der Waals surface area contributed by atoms with Gasteiger partial charge in [0.15, 0.2) is 11.5 Å². The van der Waals surface area contributed by atoms with Gasteiger partial charge in [-0.3, -0.25) is 10.1 Å². The topological polar surface area (TPSA) is 96.9 Å². The van der Waals surface area contributed by atoms with E-state index in [1.54, 1.807) is 0 Å². The number of rotatable bonds is 4. The number of benzene rings is 2. The first-order valence-electron chi connectivity index (χ1n) is 6.19. The number of ether oxygens (including phenoxy) is 3. The summed E-state index contributed by atoms with van der Waals surface area (Å²) >= 11 is 0. The Hall–Kier alpha value is -2.96. The summed E-state index contributed by atoms with van der Waals surface area (Å²) in [5, 5.41) is 10.7. The molecule has 108 valence electrons. The summed E-state index contributed by atoms with van der Waals surface area (Å²) in [5.41, 5.74) is 6.44. The van der Waals surface area contributed by atoms with Crippen LogP contribution in [0.1, 0.15) is 5.56 Å². The van der Waals surface area contributed by atoms with Crippen molar-refractivity contribution >= 4 is 11.4 Å². The van der Waals surface area contributed by atoms with Crippen LogP contribution < -0.4 is 19.9 Å². The van der Waals surface area contributed by atoms with E-state index < -0.39 is 4.92 Å². The molecule has 21 heavy (non-hydrogen) atoms. The minimum Gasteiger partial charge on any atom is -0.489 e. The highest BCUT2D eigenvalue weighted by Crippen LogP contribution is 2.33. The van der Waals surface area contributed by atoms with E-state index in [1.165, 1.54) is 18.2 Å². The van der Waals surface area contributed by atoms with Crippen molar-refractivity contribution in [1.82, 2.24) is 0 Å². The number of hydrogen-bond donors (Lipinski definition) is 1. The molecule has 0 aromatic heterocycles. The molecular formula is C14H12N2O5. The van der Waals surface area contributed by atoms with E-state index in [4.69, 9.17) is 19.9 Å². The SMILES string of the molecule is Nc1cc(OCc2ccc3c(c2)OCO3)ccc1[N+](=O)[O-]. The van der Waals surface area contributed by atoms with E-state index >= 15 is 0 Å². The Bertz CT molecular complexity index is 702. The van der Waals surface area contributed by atoms with Gasteiger partial charge in [-0.05, 0) is 23.8 Å². The lowest BCUT2D eigenvalue weighted by molar-refractivity contribution is -0.383. The van der Waals surface area contributed by atoms with Crippen LogP contribution in [-0.2, 0) is 6.61 Å². The van der Waals surface area contributed by atoms with Crippen molar-refractivity contribution < 1.29 is 19.1 Å². The fraction of sp³-hybridized carbons (Fsp3) is 0.143. The Kier molecular flexibility index (Phi) is 3.23. The third-order valence-electron chi connectivity index (χ3n) is 3.04. The van der Waals surface area contributed by atoms with Crippen molar-refractivity contribution in [3.05, 3.63) is 52.1 Å². The number of nitro groups is 1. The molecule has 0 saturated carbocycles. The number of anilines is 1. The average molecular weight is 288 g/mol. The Balaban J connectivity index is 1.70. The van der Waals surface area contributed by atoms with E-state index in [1.807, 2.05) is 18.2 Å². The second-order valence-electron chi connectivity index (χ2n) is 4.45. The van der Waals surface area contributed by atoms with Crippen molar-refractivity contribution in [2.75, 3.05) is 12.5 Å². The number of nitrogen functional groups attached to an aromatic ring is 1. The molecule has 2 aromatic carbocycles. The molecule has 2 N–H and O–H groups in total. The maximum atomic E-state index is 10.7. The maximum absolute atomic E-state index is 10.7. The summed E-state index contributed by atoms with van der Waals surface area (Å²) in [6.07, 6.45) is 0. The molecule has 0 saturated heterocycles. The van der Waals surface area contributed by atoms with Gasteiger partial charge in [0.2, 0.25) is 6.79 Å². The highest BCUT2D eigenvalue weighted by Gasteiger charge is 2.14. The Morgan fingerprint density at radius 2 is 2.00 bits per heavy atom. The van der Waals surface area contributed by atoms with Crippen LogP contribution in [0.5, 0.6) is 17.2 Å². The van der Waals surface area contributed by atoms with Crippen molar-refractivity contribution in [2.24, 2.45) is 0 Å². The maximum Gasteiger partial charge on any atom is 0.292 e. The molecule has 0 unspecified atom stereocenters. The van der Waals surface area contributed by atoms with Crippen molar-refractivity contribution in [2.45, 2.75) is 6.61 Å².